The van der Waals surface area contributed by atoms with E-state index in [1.807, 2.05) is 36.4 Å². The van der Waals surface area contributed by atoms with Gasteiger partial charge in [0.1, 0.15) is 10.6 Å². The Morgan fingerprint density at radius 2 is 1.76 bits per heavy atom. The fourth-order valence-corrected chi connectivity index (χ4v) is 4.30. The zero-order chi connectivity index (χ0) is 21.0. The van der Waals surface area contributed by atoms with Crippen LogP contribution < -0.4 is 5.32 Å². The van der Waals surface area contributed by atoms with E-state index in [4.69, 9.17) is 4.74 Å². The van der Waals surface area contributed by atoms with Crippen molar-refractivity contribution in [3.8, 4) is 11.1 Å². The number of thiophene rings is 1. The molecule has 1 aliphatic rings. The lowest BCUT2D eigenvalue weighted by Gasteiger charge is -2.24. The number of rotatable bonds is 6. The van der Waals surface area contributed by atoms with Crippen molar-refractivity contribution in [2.45, 2.75) is 32.8 Å². The topological polar surface area (TPSA) is 92.7 Å². The molecule has 6 nitrogen and oxygen atoms in total. The van der Waals surface area contributed by atoms with Crippen LogP contribution in [0.4, 0.5) is 5.00 Å². The summed E-state index contributed by atoms with van der Waals surface area (Å²) >= 11 is 1.23. The molecule has 1 heterocycles. The number of allylic oxidation sites excluding steroid dienone is 2. The molecule has 0 saturated carbocycles. The molecule has 3 rings (SSSR count). The van der Waals surface area contributed by atoms with Gasteiger partial charge in [0.25, 0.3) is 0 Å². The van der Waals surface area contributed by atoms with Gasteiger partial charge in [-0.05, 0) is 32.3 Å². The molecule has 1 aromatic carbocycles. The highest BCUT2D eigenvalue weighted by Gasteiger charge is 2.35. The van der Waals surface area contributed by atoms with Gasteiger partial charge in [-0.25, -0.2) is 4.79 Å². The SMILES string of the molecule is CC(C)OC(=O)c1c(-c2ccccc2)csc1NC(=O)[C@H]1CC=CC[C@@H]1C(=O)O. The molecular formula is C22H23NO5S. The second kappa shape index (κ2) is 9.05. The van der Waals surface area contributed by atoms with E-state index in [0.29, 0.717) is 29.0 Å². The molecule has 1 amide bonds. The van der Waals surface area contributed by atoms with Crippen molar-refractivity contribution in [3.05, 3.63) is 53.4 Å². The van der Waals surface area contributed by atoms with Crippen LogP contribution in [0.5, 0.6) is 0 Å². The first-order valence-electron chi connectivity index (χ1n) is 9.45. The summed E-state index contributed by atoms with van der Waals surface area (Å²) in [4.78, 5) is 37.2. The number of nitrogens with one attached hydrogen (secondary N) is 1. The van der Waals surface area contributed by atoms with Crippen LogP contribution in [-0.2, 0) is 14.3 Å². The van der Waals surface area contributed by atoms with Crippen molar-refractivity contribution in [2.24, 2.45) is 11.8 Å². The van der Waals surface area contributed by atoms with Crippen LogP contribution in [0.15, 0.2) is 47.9 Å². The maximum atomic E-state index is 12.9. The van der Waals surface area contributed by atoms with Gasteiger partial charge in [0.15, 0.2) is 0 Å². The molecule has 0 unspecified atom stereocenters. The molecule has 2 aromatic rings. The number of carbonyl (C=O) groups excluding carboxylic acids is 2. The maximum Gasteiger partial charge on any atom is 0.342 e. The minimum atomic E-state index is -0.995. The molecule has 0 aliphatic heterocycles. The van der Waals surface area contributed by atoms with Gasteiger partial charge >= 0.3 is 11.9 Å². The number of amides is 1. The summed E-state index contributed by atoms with van der Waals surface area (Å²) in [6.07, 6.45) is 3.96. The van der Waals surface area contributed by atoms with Gasteiger partial charge in [-0.2, -0.15) is 0 Å². The van der Waals surface area contributed by atoms with Gasteiger partial charge < -0.3 is 15.2 Å². The van der Waals surface area contributed by atoms with Gasteiger partial charge in [0.2, 0.25) is 5.91 Å². The van der Waals surface area contributed by atoms with Crippen LogP contribution in [0.25, 0.3) is 11.1 Å². The lowest BCUT2D eigenvalue weighted by molar-refractivity contribution is -0.146. The van der Waals surface area contributed by atoms with Crippen LogP contribution >= 0.6 is 11.3 Å². The van der Waals surface area contributed by atoms with E-state index in [-0.39, 0.29) is 6.10 Å². The van der Waals surface area contributed by atoms with E-state index in [9.17, 15) is 19.5 Å². The number of benzene rings is 1. The van der Waals surface area contributed by atoms with Crippen molar-refractivity contribution >= 4 is 34.2 Å². The maximum absolute atomic E-state index is 12.9. The monoisotopic (exact) mass is 413 g/mol. The Morgan fingerprint density at radius 3 is 2.38 bits per heavy atom. The fourth-order valence-electron chi connectivity index (χ4n) is 3.34. The van der Waals surface area contributed by atoms with Crippen molar-refractivity contribution < 1.29 is 24.2 Å². The van der Waals surface area contributed by atoms with E-state index in [1.54, 1.807) is 25.3 Å². The third-order valence-corrected chi connectivity index (χ3v) is 5.64. The molecule has 152 valence electrons. The van der Waals surface area contributed by atoms with E-state index in [1.165, 1.54) is 11.3 Å². The predicted molar refractivity (Wildman–Crippen MR) is 112 cm³/mol. The second-order valence-corrected chi connectivity index (χ2v) is 8.04. The average molecular weight is 413 g/mol. The number of carboxylic acid groups (broad SMARTS) is 1. The molecular weight excluding hydrogens is 390 g/mol. The van der Waals surface area contributed by atoms with Crippen molar-refractivity contribution in [1.82, 2.24) is 0 Å². The molecule has 0 saturated heterocycles. The second-order valence-electron chi connectivity index (χ2n) is 7.16. The third-order valence-electron chi connectivity index (χ3n) is 4.75. The number of anilines is 1. The van der Waals surface area contributed by atoms with Crippen molar-refractivity contribution in [1.29, 1.82) is 0 Å². The highest BCUT2D eigenvalue weighted by molar-refractivity contribution is 7.15. The summed E-state index contributed by atoms with van der Waals surface area (Å²) in [5.74, 6) is -3.38. The van der Waals surface area contributed by atoms with E-state index >= 15 is 0 Å². The van der Waals surface area contributed by atoms with Crippen LogP contribution in [-0.4, -0.2) is 29.1 Å². The Labute approximate surface area is 173 Å². The highest BCUT2D eigenvalue weighted by Crippen LogP contribution is 2.37. The number of ether oxygens (including phenoxy) is 1. The average Bonchev–Trinajstić information content (AvgIpc) is 3.11. The lowest BCUT2D eigenvalue weighted by Crippen LogP contribution is -2.34. The molecule has 1 aromatic heterocycles. The Balaban J connectivity index is 1.93. The van der Waals surface area contributed by atoms with Gasteiger partial charge in [-0.1, -0.05) is 42.5 Å². The van der Waals surface area contributed by atoms with Crippen molar-refractivity contribution in [3.63, 3.8) is 0 Å². The molecule has 2 atom stereocenters. The van der Waals surface area contributed by atoms with Gasteiger partial charge in [-0.15, -0.1) is 11.3 Å². The third kappa shape index (κ3) is 4.74. The highest BCUT2D eigenvalue weighted by atomic mass is 32.1. The Hall–Kier alpha value is -2.93. The first-order chi connectivity index (χ1) is 13.9. The normalized spacial score (nSPS) is 18.4. The lowest BCUT2D eigenvalue weighted by atomic mass is 9.82. The summed E-state index contributed by atoms with van der Waals surface area (Å²) in [5, 5.41) is 14.4. The quantitative estimate of drug-likeness (QED) is 0.534. The van der Waals surface area contributed by atoms with E-state index in [0.717, 1.165) is 5.56 Å². The van der Waals surface area contributed by atoms with Crippen LogP contribution in [0.1, 0.15) is 37.0 Å². The molecule has 0 radical (unpaired) electrons. The minimum absolute atomic E-state index is 0.293. The summed E-state index contributed by atoms with van der Waals surface area (Å²) in [7, 11) is 0. The zero-order valence-electron chi connectivity index (χ0n) is 16.3. The number of carboxylic acids is 1. The molecule has 29 heavy (non-hydrogen) atoms. The molecule has 7 heteroatoms. The molecule has 0 fully saturated rings. The van der Waals surface area contributed by atoms with Crippen LogP contribution in [0.2, 0.25) is 0 Å². The van der Waals surface area contributed by atoms with Gasteiger partial charge in [0.05, 0.1) is 17.9 Å². The van der Waals surface area contributed by atoms with Crippen LogP contribution in [0, 0.1) is 11.8 Å². The zero-order valence-corrected chi connectivity index (χ0v) is 17.1. The number of carbonyl (C=O) groups is 3. The van der Waals surface area contributed by atoms with E-state index < -0.39 is 29.7 Å². The molecule has 1 aliphatic carbocycles. The summed E-state index contributed by atoms with van der Waals surface area (Å²) in [6, 6.07) is 9.38. The predicted octanol–water partition coefficient (Wildman–Crippen LogP) is 4.59. The molecule has 0 bridgehead atoms. The van der Waals surface area contributed by atoms with E-state index in [2.05, 4.69) is 5.32 Å². The molecule has 0 spiro atoms. The first-order valence-corrected chi connectivity index (χ1v) is 10.3. The Kier molecular flexibility index (Phi) is 6.49. The number of esters is 1. The van der Waals surface area contributed by atoms with Crippen molar-refractivity contribution in [2.75, 3.05) is 5.32 Å². The molecule has 2 N–H and O–H groups in total. The van der Waals surface area contributed by atoms with Gasteiger partial charge in [-0.3, -0.25) is 9.59 Å². The minimum Gasteiger partial charge on any atom is -0.481 e. The fraction of sp³-hybridized carbons (Fsp3) is 0.318. The first kappa shape index (κ1) is 20.8. The number of hydrogen-bond donors (Lipinski definition) is 2. The summed E-state index contributed by atoms with van der Waals surface area (Å²) < 4.78 is 5.39. The number of aliphatic carboxylic acids is 1. The Morgan fingerprint density at radius 1 is 1.10 bits per heavy atom. The standard InChI is InChI=1S/C22H23NO5S/c1-13(2)28-22(27)18-17(14-8-4-3-5-9-14)12-29-20(18)23-19(24)15-10-6-7-11-16(15)21(25)26/h3-9,12-13,15-16H,10-11H2,1-2H3,(H,23,24)(H,25,26)/t15-,16-/m0/s1. The largest absolute Gasteiger partial charge is 0.481 e. The summed E-state index contributed by atoms with van der Waals surface area (Å²) in [5.41, 5.74) is 1.81. The van der Waals surface area contributed by atoms with Gasteiger partial charge in [0, 0.05) is 10.9 Å². The smallest absolute Gasteiger partial charge is 0.342 e. The Bertz CT molecular complexity index is 932. The number of hydrogen-bond acceptors (Lipinski definition) is 5. The van der Waals surface area contributed by atoms with Crippen LogP contribution in [0.3, 0.4) is 0 Å². The summed E-state index contributed by atoms with van der Waals surface area (Å²) in [6.45, 7) is 3.52.